The van der Waals surface area contributed by atoms with Crippen molar-refractivity contribution in [3.8, 4) is 17.2 Å². The molecule has 0 spiro atoms. The predicted molar refractivity (Wildman–Crippen MR) is 107 cm³/mol. The summed E-state index contributed by atoms with van der Waals surface area (Å²) in [6, 6.07) is 12.1. The van der Waals surface area contributed by atoms with E-state index in [0.29, 0.717) is 12.3 Å². The van der Waals surface area contributed by atoms with Gasteiger partial charge in [-0.25, -0.2) is 0 Å². The number of alkyl halides is 2. The van der Waals surface area contributed by atoms with Crippen LogP contribution in [-0.2, 0) is 11.3 Å². The van der Waals surface area contributed by atoms with Gasteiger partial charge in [0.25, 0.3) is 0 Å². The van der Waals surface area contributed by atoms with Crippen LogP contribution >= 0.6 is 0 Å². The van der Waals surface area contributed by atoms with Gasteiger partial charge in [-0.15, -0.1) is 0 Å². The molecule has 158 valence electrons. The third kappa shape index (κ3) is 4.90. The molecule has 1 aliphatic carbocycles. The number of hydrogen-bond donors (Lipinski definition) is 0. The fourth-order valence-electron chi connectivity index (χ4n) is 3.86. The van der Waals surface area contributed by atoms with Crippen molar-refractivity contribution in [3.63, 3.8) is 0 Å². The van der Waals surface area contributed by atoms with Gasteiger partial charge < -0.3 is 19.1 Å². The summed E-state index contributed by atoms with van der Waals surface area (Å²) in [6.45, 7) is -2.15. The Morgan fingerprint density at radius 1 is 1.10 bits per heavy atom. The van der Waals surface area contributed by atoms with Crippen molar-refractivity contribution < 1.29 is 27.8 Å². The third-order valence-corrected chi connectivity index (χ3v) is 5.36. The van der Waals surface area contributed by atoms with Crippen molar-refractivity contribution >= 4 is 12.0 Å². The SMILES string of the molecule is O=C(C=Cc1ccc(OC(F)F)cc1)N(Cc1ccc2c(c1)OCO2)C1CCCC1. The maximum absolute atomic E-state index is 13.0. The van der Waals surface area contributed by atoms with E-state index in [1.165, 1.54) is 18.2 Å². The van der Waals surface area contributed by atoms with Crippen molar-refractivity contribution in [2.75, 3.05) is 6.79 Å². The average Bonchev–Trinajstić information content (AvgIpc) is 3.42. The van der Waals surface area contributed by atoms with Gasteiger partial charge in [-0.3, -0.25) is 4.79 Å². The Hall–Kier alpha value is -3.09. The van der Waals surface area contributed by atoms with E-state index in [9.17, 15) is 13.6 Å². The van der Waals surface area contributed by atoms with Crippen molar-refractivity contribution in [2.24, 2.45) is 0 Å². The summed E-state index contributed by atoms with van der Waals surface area (Å²) >= 11 is 0. The zero-order valence-electron chi connectivity index (χ0n) is 16.4. The van der Waals surface area contributed by atoms with Crippen LogP contribution in [0.3, 0.4) is 0 Å². The van der Waals surface area contributed by atoms with Crippen molar-refractivity contribution in [1.29, 1.82) is 0 Å². The topological polar surface area (TPSA) is 48.0 Å². The molecule has 4 rings (SSSR count). The van der Waals surface area contributed by atoms with Crippen LogP contribution in [0, 0.1) is 0 Å². The lowest BCUT2D eigenvalue weighted by Crippen LogP contribution is -2.37. The molecule has 1 saturated carbocycles. The molecule has 1 heterocycles. The van der Waals surface area contributed by atoms with Crippen molar-refractivity contribution in [2.45, 2.75) is 44.9 Å². The third-order valence-electron chi connectivity index (χ3n) is 5.36. The van der Waals surface area contributed by atoms with Crippen LogP contribution in [0.1, 0.15) is 36.8 Å². The highest BCUT2D eigenvalue weighted by molar-refractivity contribution is 5.92. The van der Waals surface area contributed by atoms with Crippen LogP contribution in [0.5, 0.6) is 17.2 Å². The molecule has 0 bridgehead atoms. The van der Waals surface area contributed by atoms with E-state index in [2.05, 4.69) is 4.74 Å². The van der Waals surface area contributed by atoms with E-state index in [4.69, 9.17) is 9.47 Å². The molecule has 0 radical (unpaired) electrons. The summed E-state index contributed by atoms with van der Waals surface area (Å²) in [5.41, 5.74) is 1.72. The molecule has 0 unspecified atom stereocenters. The van der Waals surface area contributed by atoms with E-state index in [1.54, 1.807) is 18.2 Å². The zero-order chi connectivity index (χ0) is 20.9. The number of rotatable bonds is 7. The molecule has 2 aromatic carbocycles. The molecular weight excluding hydrogens is 392 g/mol. The number of nitrogens with zero attached hydrogens (tertiary/aromatic N) is 1. The van der Waals surface area contributed by atoms with Gasteiger partial charge in [0.15, 0.2) is 11.5 Å². The molecule has 1 aliphatic heterocycles. The lowest BCUT2D eigenvalue weighted by molar-refractivity contribution is -0.128. The first-order chi connectivity index (χ1) is 14.6. The Balaban J connectivity index is 1.46. The highest BCUT2D eigenvalue weighted by atomic mass is 19.3. The number of halogens is 2. The molecule has 1 amide bonds. The summed E-state index contributed by atoms with van der Waals surface area (Å²) in [5, 5.41) is 0. The highest BCUT2D eigenvalue weighted by Crippen LogP contribution is 2.34. The van der Waals surface area contributed by atoms with Crippen LogP contribution < -0.4 is 14.2 Å². The molecule has 0 saturated heterocycles. The second-order valence-corrected chi connectivity index (χ2v) is 7.37. The van der Waals surface area contributed by atoms with E-state index in [1.807, 2.05) is 23.1 Å². The smallest absolute Gasteiger partial charge is 0.387 e. The van der Waals surface area contributed by atoms with E-state index in [0.717, 1.165) is 42.6 Å². The first-order valence-electron chi connectivity index (χ1n) is 10.0. The molecule has 2 aromatic rings. The monoisotopic (exact) mass is 415 g/mol. The molecule has 5 nitrogen and oxygen atoms in total. The fraction of sp³-hybridized carbons (Fsp3) is 0.348. The first-order valence-corrected chi connectivity index (χ1v) is 10.0. The fourth-order valence-corrected chi connectivity index (χ4v) is 3.86. The maximum atomic E-state index is 13.0. The van der Waals surface area contributed by atoms with Gasteiger partial charge in [-0.1, -0.05) is 31.0 Å². The zero-order valence-corrected chi connectivity index (χ0v) is 16.4. The number of fused-ring (bicyclic) bond motifs is 1. The van der Waals surface area contributed by atoms with Crippen molar-refractivity contribution in [1.82, 2.24) is 4.90 Å². The van der Waals surface area contributed by atoms with Crippen LogP contribution in [0.2, 0.25) is 0 Å². The van der Waals surface area contributed by atoms with Crippen LogP contribution in [0.15, 0.2) is 48.5 Å². The maximum Gasteiger partial charge on any atom is 0.387 e. The molecule has 30 heavy (non-hydrogen) atoms. The summed E-state index contributed by atoms with van der Waals surface area (Å²) in [6.07, 6.45) is 7.44. The Morgan fingerprint density at radius 3 is 2.57 bits per heavy atom. The first kappa shape index (κ1) is 20.2. The Labute approximate surface area is 173 Å². The van der Waals surface area contributed by atoms with Gasteiger partial charge in [-0.05, 0) is 54.3 Å². The minimum atomic E-state index is -2.86. The van der Waals surface area contributed by atoms with Gasteiger partial charge in [0.05, 0.1) is 0 Å². The summed E-state index contributed by atoms with van der Waals surface area (Å²) in [4.78, 5) is 14.9. The minimum absolute atomic E-state index is 0.0764. The molecule has 0 atom stereocenters. The van der Waals surface area contributed by atoms with Crippen molar-refractivity contribution in [3.05, 3.63) is 59.7 Å². The normalized spacial score (nSPS) is 15.8. The Kier molecular flexibility index (Phi) is 6.16. The number of carbonyl (C=O) groups is 1. The Morgan fingerprint density at radius 2 is 1.83 bits per heavy atom. The molecule has 2 aliphatic rings. The number of carbonyl (C=O) groups excluding carboxylic acids is 1. The van der Waals surface area contributed by atoms with E-state index < -0.39 is 6.61 Å². The van der Waals surface area contributed by atoms with Crippen LogP contribution in [0.4, 0.5) is 8.78 Å². The number of amides is 1. The van der Waals surface area contributed by atoms with Gasteiger partial charge in [-0.2, -0.15) is 8.78 Å². The second kappa shape index (κ2) is 9.15. The largest absolute Gasteiger partial charge is 0.454 e. The van der Waals surface area contributed by atoms with Gasteiger partial charge in [0, 0.05) is 18.7 Å². The minimum Gasteiger partial charge on any atom is -0.454 e. The molecule has 0 N–H and O–H groups in total. The Bertz CT molecular complexity index is 908. The average molecular weight is 415 g/mol. The standard InChI is InChI=1S/C23H23F2NO4/c24-23(25)30-19-9-5-16(6-10-19)8-12-22(27)26(18-3-1-2-4-18)14-17-7-11-20-21(13-17)29-15-28-20/h5-13,18,23H,1-4,14-15H2. The summed E-state index contributed by atoms with van der Waals surface area (Å²) in [5.74, 6) is 1.43. The summed E-state index contributed by atoms with van der Waals surface area (Å²) < 4.78 is 39.7. The highest BCUT2D eigenvalue weighted by Gasteiger charge is 2.26. The number of benzene rings is 2. The molecule has 1 fully saturated rings. The lowest BCUT2D eigenvalue weighted by atomic mass is 10.1. The predicted octanol–water partition coefficient (Wildman–Crippen LogP) is 5.00. The van der Waals surface area contributed by atoms with Gasteiger partial charge in [0.1, 0.15) is 5.75 Å². The molecule has 0 aromatic heterocycles. The number of ether oxygens (including phenoxy) is 3. The van der Waals surface area contributed by atoms with Gasteiger partial charge >= 0.3 is 6.61 Å². The lowest BCUT2D eigenvalue weighted by Gasteiger charge is -2.28. The quantitative estimate of drug-likeness (QED) is 0.597. The summed E-state index contributed by atoms with van der Waals surface area (Å²) in [7, 11) is 0. The van der Waals surface area contributed by atoms with Crippen LogP contribution in [0.25, 0.3) is 6.08 Å². The number of hydrogen-bond acceptors (Lipinski definition) is 4. The molecular formula is C23H23F2NO4. The van der Waals surface area contributed by atoms with E-state index in [-0.39, 0.29) is 24.5 Å². The van der Waals surface area contributed by atoms with Crippen LogP contribution in [-0.4, -0.2) is 30.3 Å². The van der Waals surface area contributed by atoms with Gasteiger partial charge in [0.2, 0.25) is 12.7 Å². The molecule has 7 heteroatoms. The second-order valence-electron chi connectivity index (χ2n) is 7.37. The van der Waals surface area contributed by atoms with E-state index >= 15 is 0 Å².